The van der Waals surface area contributed by atoms with Gasteiger partial charge in [-0.2, -0.15) is 0 Å². The number of aromatic nitrogens is 2. The van der Waals surface area contributed by atoms with E-state index < -0.39 is 0 Å². The lowest BCUT2D eigenvalue weighted by molar-refractivity contribution is -0.0308. The number of nitrogens with zero attached hydrogens (tertiary/aromatic N) is 3. The molecule has 1 fully saturated rings. The van der Waals surface area contributed by atoms with Crippen molar-refractivity contribution in [1.29, 1.82) is 0 Å². The van der Waals surface area contributed by atoms with E-state index in [1.807, 2.05) is 24.4 Å². The van der Waals surface area contributed by atoms with Crippen LogP contribution in [0.5, 0.6) is 5.75 Å². The van der Waals surface area contributed by atoms with E-state index in [9.17, 15) is 0 Å². The van der Waals surface area contributed by atoms with Gasteiger partial charge in [-0.05, 0) is 30.2 Å². The normalized spacial score (nSPS) is 18.5. The fraction of sp³-hybridized carbons (Fsp3) is 0.500. The van der Waals surface area contributed by atoms with E-state index in [1.54, 1.807) is 7.11 Å². The summed E-state index contributed by atoms with van der Waals surface area (Å²) in [4.78, 5) is 11.5. The lowest BCUT2D eigenvalue weighted by atomic mass is 10.1. The zero-order chi connectivity index (χ0) is 17.6. The van der Waals surface area contributed by atoms with Gasteiger partial charge in [0.15, 0.2) is 0 Å². The van der Waals surface area contributed by atoms with E-state index in [4.69, 9.17) is 9.47 Å². The molecular formula is C20H27N3O2. The topological polar surface area (TPSA) is 47.5 Å². The Morgan fingerprint density at radius 1 is 1.24 bits per heavy atom. The Morgan fingerprint density at radius 2 is 2.04 bits per heavy atom. The Bertz CT molecular complexity index is 673. The number of ether oxygens (including phenoxy) is 2. The van der Waals surface area contributed by atoms with Gasteiger partial charge in [0.25, 0.3) is 0 Å². The second-order valence-electron chi connectivity index (χ2n) is 6.84. The molecule has 0 saturated carbocycles. The van der Waals surface area contributed by atoms with Crippen LogP contribution in [0.4, 0.5) is 0 Å². The van der Waals surface area contributed by atoms with Crippen LogP contribution in [-0.4, -0.2) is 47.8 Å². The van der Waals surface area contributed by atoms with Gasteiger partial charge in [-0.15, -0.1) is 0 Å². The highest BCUT2D eigenvalue weighted by Gasteiger charge is 2.21. The Balaban J connectivity index is 1.58. The summed E-state index contributed by atoms with van der Waals surface area (Å²) < 4.78 is 11.2. The van der Waals surface area contributed by atoms with Crippen molar-refractivity contribution in [3.63, 3.8) is 0 Å². The van der Waals surface area contributed by atoms with Gasteiger partial charge in [0, 0.05) is 31.7 Å². The van der Waals surface area contributed by atoms with Gasteiger partial charge in [0.1, 0.15) is 11.6 Å². The summed E-state index contributed by atoms with van der Waals surface area (Å²) in [6, 6.07) is 10.2. The van der Waals surface area contributed by atoms with Gasteiger partial charge >= 0.3 is 0 Å². The van der Waals surface area contributed by atoms with Crippen molar-refractivity contribution in [2.24, 2.45) is 0 Å². The summed E-state index contributed by atoms with van der Waals surface area (Å²) in [6.45, 7) is 7.73. The smallest absolute Gasteiger partial charge is 0.131 e. The monoisotopic (exact) mass is 341 g/mol. The van der Waals surface area contributed by atoms with Crippen molar-refractivity contribution in [2.45, 2.75) is 38.8 Å². The number of morpholine rings is 1. The standard InChI is InChI=1S/C20H27N3O2/c1-15(2)20-21-9-8-17(22-20)13-23-10-11-25-19(14-23)12-16-4-6-18(24-3)7-5-16/h4-9,15,19H,10-14H2,1-3H3/t19-/m1/s1. The third-order valence-corrected chi connectivity index (χ3v) is 4.48. The van der Waals surface area contributed by atoms with Crippen LogP contribution in [0.25, 0.3) is 0 Å². The average molecular weight is 341 g/mol. The van der Waals surface area contributed by atoms with Crippen molar-refractivity contribution in [3.8, 4) is 5.75 Å². The number of rotatable bonds is 6. The molecule has 1 atom stereocenters. The second kappa shape index (κ2) is 8.41. The molecule has 5 nitrogen and oxygen atoms in total. The molecule has 1 aliphatic rings. The summed E-state index contributed by atoms with van der Waals surface area (Å²) in [6.07, 6.45) is 3.00. The first-order chi connectivity index (χ1) is 12.1. The summed E-state index contributed by atoms with van der Waals surface area (Å²) in [5.74, 6) is 2.16. The molecule has 1 aliphatic heterocycles. The number of hydrogen-bond acceptors (Lipinski definition) is 5. The minimum absolute atomic E-state index is 0.216. The Kier molecular flexibility index (Phi) is 6.00. The number of benzene rings is 1. The Morgan fingerprint density at radius 3 is 2.76 bits per heavy atom. The maximum atomic E-state index is 5.96. The summed E-state index contributed by atoms with van der Waals surface area (Å²) in [5, 5.41) is 0. The molecule has 0 bridgehead atoms. The van der Waals surface area contributed by atoms with Crippen LogP contribution >= 0.6 is 0 Å². The van der Waals surface area contributed by atoms with Gasteiger partial charge in [0.05, 0.1) is 25.5 Å². The zero-order valence-corrected chi connectivity index (χ0v) is 15.3. The lowest BCUT2D eigenvalue weighted by Gasteiger charge is -2.32. The van der Waals surface area contributed by atoms with E-state index in [-0.39, 0.29) is 6.10 Å². The lowest BCUT2D eigenvalue weighted by Crippen LogP contribution is -2.43. The summed E-state index contributed by atoms with van der Waals surface area (Å²) in [5.41, 5.74) is 2.36. The molecule has 2 aromatic rings. The van der Waals surface area contributed by atoms with E-state index in [0.717, 1.165) is 49.9 Å². The molecule has 0 radical (unpaired) electrons. The van der Waals surface area contributed by atoms with E-state index >= 15 is 0 Å². The number of methoxy groups -OCH3 is 1. The first-order valence-electron chi connectivity index (χ1n) is 8.92. The van der Waals surface area contributed by atoms with Gasteiger partial charge in [-0.3, -0.25) is 4.90 Å². The molecule has 5 heteroatoms. The maximum Gasteiger partial charge on any atom is 0.131 e. The molecule has 0 amide bonds. The van der Waals surface area contributed by atoms with E-state index in [0.29, 0.717) is 5.92 Å². The van der Waals surface area contributed by atoms with Crippen molar-refractivity contribution in [1.82, 2.24) is 14.9 Å². The average Bonchev–Trinajstić information content (AvgIpc) is 2.63. The largest absolute Gasteiger partial charge is 0.497 e. The van der Waals surface area contributed by atoms with Gasteiger partial charge in [-0.25, -0.2) is 9.97 Å². The Labute approximate surface area is 150 Å². The van der Waals surface area contributed by atoms with Gasteiger partial charge in [-0.1, -0.05) is 26.0 Å². The molecule has 134 valence electrons. The van der Waals surface area contributed by atoms with Crippen LogP contribution in [0.1, 0.15) is 36.8 Å². The zero-order valence-electron chi connectivity index (χ0n) is 15.3. The predicted molar refractivity (Wildman–Crippen MR) is 97.8 cm³/mol. The molecule has 0 aliphatic carbocycles. The highest BCUT2D eigenvalue weighted by Crippen LogP contribution is 2.17. The second-order valence-corrected chi connectivity index (χ2v) is 6.84. The molecule has 0 N–H and O–H groups in total. The first kappa shape index (κ1) is 17.8. The molecular weight excluding hydrogens is 314 g/mol. The molecule has 0 unspecified atom stereocenters. The first-order valence-corrected chi connectivity index (χ1v) is 8.92. The van der Waals surface area contributed by atoms with Crippen LogP contribution in [0, 0.1) is 0 Å². The maximum absolute atomic E-state index is 5.96. The van der Waals surface area contributed by atoms with Crippen LogP contribution in [0.15, 0.2) is 36.5 Å². The quantitative estimate of drug-likeness (QED) is 0.808. The highest BCUT2D eigenvalue weighted by molar-refractivity contribution is 5.27. The molecule has 2 heterocycles. The molecule has 25 heavy (non-hydrogen) atoms. The van der Waals surface area contributed by atoms with Crippen molar-refractivity contribution >= 4 is 0 Å². The van der Waals surface area contributed by atoms with Crippen LogP contribution < -0.4 is 4.74 Å². The molecule has 0 spiro atoms. The van der Waals surface area contributed by atoms with E-state index in [1.165, 1.54) is 5.56 Å². The minimum Gasteiger partial charge on any atom is -0.497 e. The molecule has 3 rings (SSSR count). The summed E-state index contributed by atoms with van der Waals surface area (Å²) >= 11 is 0. The molecule has 1 aromatic heterocycles. The van der Waals surface area contributed by atoms with Crippen molar-refractivity contribution < 1.29 is 9.47 Å². The molecule has 1 saturated heterocycles. The fourth-order valence-corrected chi connectivity index (χ4v) is 3.08. The third kappa shape index (κ3) is 5.00. The van der Waals surface area contributed by atoms with Gasteiger partial charge in [0.2, 0.25) is 0 Å². The van der Waals surface area contributed by atoms with Crippen molar-refractivity contribution in [3.05, 3.63) is 53.6 Å². The van der Waals surface area contributed by atoms with E-state index in [2.05, 4.69) is 40.8 Å². The van der Waals surface area contributed by atoms with Crippen LogP contribution in [0.3, 0.4) is 0 Å². The van der Waals surface area contributed by atoms with Crippen LogP contribution in [-0.2, 0) is 17.7 Å². The molecule has 1 aromatic carbocycles. The van der Waals surface area contributed by atoms with Crippen LogP contribution in [0.2, 0.25) is 0 Å². The third-order valence-electron chi connectivity index (χ3n) is 4.48. The number of hydrogen-bond donors (Lipinski definition) is 0. The Hall–Kier alpha value is -1.98. The SMILES string of the molecule is COc1ccc(C[C@@H]2CN(Cc3ccnc(C(C)C)n3)CCO2)cc1. The highest BCUT2D eigenvalue weighted by atomic mass is 16.5. The van der Waals surface area contributed by atoms with Gasteiger partial charge < -0.3 is 9.47 Å². The summed E-state index contributed by atoms with van der Waals surface area (Å²) in [7, 11) is 1.69. The van der Waals surface area contributed by atoms with Crippen molar-refractivity contribution in [2.75, 3.05) is 26.8 Å². The minimum atomic E-state index is 0.216. The predicted octanol–water partition coefficient (Wildman–Crippen LogP) is 3.05. The fourth-order valence-electron chi connectivity index (χ4n) is 3.08.